The molecule has 0 saturated carbocycles. The number of carbonyl (C=O) groups is 3. The van der Waals surface area contributed by atoms with Crippen molar-refractivity contribution in [2.75, 3.05) is 12.0 Å². The summed E-state index contributed by atoms with van der Waals surface area (Å²) in [4.78, 5) is 38.2. The number of methoxy groups -OCH3 is 1. The first kappa shape index (κ1) is 17.4. The molecule has 132 valence electrons. The number of imide groups is 2. The lowest BCUT2D eigenvalue weighted by Gasteiger charge is -2.26. The van der Waals surface area contributed by atoms with Gasteiger partial charge in [-0.3, -0.25) is 14.9 Å². The maximum atomic E-state index is 12.8. The summed E-state index contributed by atoms with van der Waals surface area (Å²) in [6.45, 7) is 3.83. The third-order valence-electron chi connectivity index (χ3n) is 4.28. The standard InChI is InChI=1S/C20H18N2O4/c1-12-4-7-15(10-13(12)2)22-19(24)17(18(23)21-20(22)25)11-14-5-8-16(26-3)9-6-14/h4-11H,1-3H3,(H,21,23,25). The molecule has 1 N–H and O–H groups in total. The Balaban J connectivity index is 1.99. The predicted octanol–water partition coefficient (Wildman–Crippen LogP) is 2.98. The first-order valence-electron chi connectivity index (χ1n) is 8.03. The van der Waals surface area contributed by atoms with E-state index in [0.29, 0.717) is 17.0 Å². The molecular formula is C20H18N2O4. The van der Waals surface area contributed by atoms with Crippen LogP contribution in [0, 0.1) is 13.8 Å². The van der Waals surface area contributed by atoms with Gasteiger partial charge in [0.1, 0.15) is 11.3 Å². The highest BCUT2D eigenvalue weighted by Gasteiger charge is 2.36. The Hall–Kier alpha value is -3.41. The minimum Gasteiger partial charge on any atom is -0.497 e. The molecule has 4 amide bonds. The zero-order valence-electron chi connectivity index (χ0n) is 14.7. The fourth-order valence-corrected chi connectivity index (χ4v) is 2.62. The molecule has 2 aromatic rings. The molecule has 3 rings (SSSR count). The van der Waals surface area contributed by atoms with Crippen molar-refractivity contribution in [3.8, 4) is 5.75 Å². The van der Waals surface area contributed by atoms with Crippen LogP contribution in [0.2, 0.25) is 0 Å². The molecule has 1 heterocycles. The van der Waals surface area contributed by atoms with Crippen molar-refractivity contribution in [2.24, 2.45) is 0 Å². The quantitative estimate of drug-likeness (QED) is 0.682. The normalized spacial score (nSPS) is 16.0. The lowest BCUT2D eigenvalue weighted by Crippen LogP contribution is -2.54. The summed E-state index contributed by atoms with van der Waals surface area (Å²) < 4.78 is 5.09. The van der Waals surface area contributed by atoms with Crippen LogP contribution in [-0.2, 0) is 9.59 Å². The summed E-state index contributed by atoms with van der Waals surface area (Å²) in [6, 6.07) is 11.4. The van der Waals surface area contributed by atoms with E-state index in [1.54, 1.807) is 43.5 Å². The number of amides is 4. The van der Waals surface area contributed by atoms with Crippen LogP contribution in [-0.4, -0.2) is 25.0 Å². The van der Waals surface area contributed by atoms with Crippen molar-refractivity contribution in [2.45, 2.75) is 13.8 Å². The Morgan fingerprint density at radius 2 is 1.65 bits per heavy atom. The number of nitrogens with one attached hydrogen (secondary N) is 1. The second-order valence-electron chi connectivity index (χ2n) is 6.00. The first-order valence-corrected chi connectivity index (χ1v) is 8.03. The summed E-state index contributed by atoms with van der Waals surface area (Å²) in [7, 11) is 1.55. The Kier molecular flexibility index (Phi) is 4.58. The average molecular weight is 350 g/mol. The highest BCUT2D eigenvalue weighted by atomic mass is 16.5. The van der Waals surface area contributed by atoms with Crippen LogP contribution in [0.1, 0.15) is 16.7 Å². The third-order valence-corrected chi connectivity index (χ3v) is 4.28. The number of barbiturate groups is 1. The number of anilines is 1. The van der Waals surface area contributed by atoms with Gasteiger partial charge in [0.05, 0.1) is 12.8 Å². The number of nitrogens with zero attached hydrogens (tertiary/aromatic N) is 1. The molecule has 1 aliphatic rings. The summed E-state index contributed by atoms with van der Waals surface area (Å²) in [5, 5.41) is 2.22. The molecule has 1 saturated heterocycles. The van der Waals surface area contributed by atoms with Gasteiger partial charge < -0.3 is 4.74 Å². The summed E-state index contributed by atoms with van der Waals surface area (Å²) >= 11 is 0. The Bertz CT molecular complexity index is 929. The maximum absolute atomic E-state index is 12.8. The van der Waals surface area contributed by atoms with E-state index in [1.165, 1.54) is 6.08 Å². The molecule has 0 aliphatic carbocycles. The second-order valence-corrected chi connectivity index (χ2v) is 6.00. The van der Waals surface area contributed by atoms with Gasteiger partial charge in [-0.05, 0) is 60.9 Å². The lowest BCUT2D eigenvalue weighted by molar-refractivity contribution is -0.122. The van der Waals surface area contributed by atoms with Crippen molar-refractivity contribution < 1.29 is 19.1 Å². The van der Waals surface area contributed by atoms with Crippen molar-refractivity contribution in [3.05, 3.63) is 64.7 Å². The molecular weight excluding hydrogens is 332 g/mol. The van der Waals surface area contributed by atoms with Gasteiger partial charge in [0.2, 0.25) is 0 Å². The van der Waals surface area contributed by atoms with E-state index in [2.05, 4.69) is 5.32 Å². The van der Waals surface area contributed by atoms with E-state index in [1.807, 2.05) is 19.9 Å². The number of aryl methyl sites for hydroxylation is 2. The van der Waals surface area contributed by atoms with Crippen molar-refractivity contribution in [1.82, 2.24) is 5.32 Å². The smallest absolute Gasteiger partial charge is 0.335 e. The molecule has 2 aromatic carbocycles. The molecule has 6 heteroatoms. The highest BCUT2D eigenvalue weighted by Crippen LogP contribution is 2.24. The highest BCUT2D eigenvalue weighted by molar-refractivity contribution is 6.39. The van der Waals surface area contributed by atoms with Gasteiger partial charge in [-0.25, -0.2) is 9.69 Å². The van der Waals surface area contributed by atoms with Crippen LogP contribution in [0.3, 0.4) is 0 Å². The number of urea groups is 1. The second kappa shape index (κ2) is 6.84. The van der Waals surface area contributed by atoms with Crippen LogP contribution in [0.25, 0.3) is 6.08 Å². The van der Waals surface area contributed by atoms with E-state index in [-0.39, 0.29) is 5.57 Å². The molecule has 6 nitrogen and oxygen atoms in total. The summed E-state index contributed by atoms with van der Waals surface area (Å²) in [5.41, 5.74) is 2.96. The topological polar surface area (TPSA) is 75.7 Å². The van der Waals surface area contributed by atoms with E-state index in [9.17, 15) is 14.4 Å². The number of rotatable bonds is 3. The van der Waals surface area contributed by atoms with Gasteiger partial charge >= 0.3 is 6.03 Å². The van der Waals surface area contributed by atoms with Crippen LogP contribution >= 0.6 is 0 Å². The Morgan fingerprint density at radius 3 is 2.27 bits per heavy atom. The van der Waals surface area contributed by atoms with Crippen LogP contribution in [0.5, 0.6) is 5.75 Å². The van der Waals surface area contributed by atoms with E-state index >= 15 is 0 Å². The number of hydrogen-bond acceptors (Lipinski definition) is 4. The van der Waals surface area contributed by atoms with Gasteiger partial charge in [0.25, 0.3) is 11.8 Å². The minimum atomic E-state index is -0.755. The molecule has 26 heavy (non-hydrogen) atoms. The molecule has 1 aliphatic heterocycles. The van der Waals surface area contributed by atoms with Crippen molar-refractivity contribution in [1.29, 1.82) is 0 Å². The fraction of sp³-hybridized carbons (Fsp3) is 0.150. The Morgan fingerprint density at radius 1 is 0.962 bits per heavy atom. The molecule has 0 unspecified atom stereocenters. The largest absolute Gasteiger partial charge is 0.497 e. The fourth-order valence-electron chi connectivity index (χ4n) is 2.62. The summed E-state index contributed by atoms with van der Waals surface area (Å²) in [5.74, 6) is -0.702. The number of hydrogen-bond donors (Lipinski definition) is 1. The molecule has 0 radical (unpaired) electrons. The SMILES string of the molecule is COc1ccc(C=C2C(=O)NC(=O)N(c3ccc(C)c(C)c3)C2=O)cc1. The monoisotopic (exact) mass is 350 g/mol. The lowest BCUT2D eigenvalue weighted by atomic mass is 10.1. The summed E-state index contributed by atoms with van der Waals surface area (Å²) in [6.07, 6.45) is 1.46. The number of ether oxygens (including phenoxy) is 1. The molecule has 0 bridgehead atoms. The molecule has 0 aromatic heterocycles. The van der Waals surface area contributed by atoms with Crippen molar-refractivity contribution >= 4 is 29.6 Å². The zero-order valence-corrected chi connectivity index (χ0v) is 14.7. The predicted molar refractivity (Wildman–Crippen MR) is 97.9 cm³/mol. The number of benzene rings is 2. The maximum Gasteiger partial charge on any atom is 0.335 e. The zero-order chi connectivity index (χ0) is 18.8. The molecule has 0 spiro atoms. The van der Waals surface area contributed by atoms with Gasteiger partial charge in [0.15, 0.2) is 0 Å². The van der Waals surface area contributed by atoms with Gasteiger partial charge in [-0.1, -0.05) is 18.2 Å². The van der Waals surface area contributed by atoms with E-state index < -0.39 is 17.8 Å². The van der Waals surface area contributed by atoms with Crippen molar-refractivity contribution in [3.63, 3.8) is 0 Å². The molecule has 1 fully saturated rings. The minimum absolute atomic E-state index is 0.104. The van der Waals surface area contributed by atoms with E-state index in [0.717, 1.165) is 16.0 Å². The average Bonchev–Trinajstić information content (AvgIpc) is 2.62. The number of carbonyl (C=O) groups excluding carboxylic acids is 3. The van der Waals surface area contributed by atoms with Crippen LogP contribution in [0.4, 0.5) is 10.5 Å². The molecule has 0 atom stereocenters. The Labute approximate surface area is 151 Å². The van der Waals surface area contributed by atoms with E-state index in [4.69, 9.17) is 4.74 Å². The first-order chi connectivity index (χ1) is 12.4. The van der Waals surface area contributed by atoms with Crippen LogP contribution in [0.15, 0.2) is 48.0 Å². The van der Waals surface area contributed by atoms with Gasteiger partial charge in [-0.15, -0.1) is 0 Å². The van der Waals surface area contributed by atoms with Crippen LogP contribution < -0.4 is 15.0 Å². The van der Waals surface area contributed by atoms with Gasteiger partial charge in [-0.2, -0.15) is 0 Å². The third kappa shape index (κ3) is 3.21. The van der Waals surface area contributed by atoms with Gasteiger partial charge in [0, 0.05) is 0 Å².